The van der Waals surface area contributed by atoms with Gasteiger partial charge < -0.3 is 9.84 Å². The summed E-state index contributed by atoms with van der Waals surface area (Å²) in [5, 5.41) is 7.07. The molecule has 0 aromatic carbocycles. The lowest BCUT2D eigenvalue weighted by Crippen LogP contribution is -2.58. The minimum absolute atomic E-state index is 0.0858. The van der Waals surface area contributed by atoms with Gasteiger partial charge in [0.1, 0.15) is 16.6 Å². The van der Waals surface area contributed by atoms with Crippen LogP contribution >= 0.6 is 0 Å². The molecule has 5 aliphatic rings. The predicted molar refractivity (Wildman–Crippen MR) is 111 cm³/mol. The van der Waals surface area contributed by atoms with Crippen LogP contribution < -0.4 is 5.32 Å². The highest BCUT2D eigenvalue weighted by Gasteiger charge is 2.54. The SMILES string of the molecule is Cc1noc(C)c1S(=O)(=O)N1CCC[C@H]1C(=O)NC(C)C12CC3CC(CC(C3)C1)C2. The van der Waals surface area contributed by atoms with Crippen LogP contribution in [0.4, 0.5) is 0 Å². The third kappa shape index (κ3) is 3.13. The smallest absolute Gasteiger partial charge is 0.249 e. The molecule has 6 rings (SSSR count). The molecule has 4 aliphatic carbocycles. The highest BCUT2D eigenvalue weighted by Crippen LogP contribution is 2.61. The molecule has 1 amide bonds. The van der Waals surface area contributed by atoms with Gasteiger partial charge in [0.15, 0.2) is 5.76 Å². The molecule has 8 heteroatoms. The number of amides is 1. The summed E-state index contributed by atoms with van der Waals surface area (Å²) < 4.78 is 33.1. The maximum Gasteiger partial charge on any atom is 0.249 e. The molecule has 2 heterocycles. The Morgan fingerprint density at radius 3 is 2.30 bits per heavy atom. The van der Waals surface area contributed by atoms with Gasteiger partial charge >= 0.3 is 0 Å². The van der Waals surface area contributed by atoms with Crippen molar-refractivity contribution in [1.82, 2.24) is 14.8 Å². The molecule has 2 atom stereocenters. The normalized spacial score (nSPS) is 36.9. The van der Waals surface area contributed by atoms with Gasteiger partial charge in [-0.2, -0.15) is 4.31 Å². The van der Waals surface area contributed by atoms with Crippen molar-refractivity contribution in [3.8, 4) is 0 Å². The summed E-state index contributed by atoms with van der Waals surface area (Å²) in [5.41, 5.74) is 0.550. The molecular weight excluding hydrogens is 402 g/mol. The molecule has 1 aromatic heterocycles. The summed E-state index contributed by atoms with van der Waals surface area (Å²) in [5.74, 6) is 2.59. The van der Waals surface area contributed by atoms with Gasteiger partial charge in [-0.05, 0) is 95.3 Å². The van der Waals surface area contributed by atoms with Crippen LogP contribution in [0.1, 0.15) is 69.7 Å². The van der Waals surface area contributed by atoms with Gasteiger partial charge in [-0.25, -0.2) is 8.42 Å². The quantitative estimate of drug-likeness (QED) is 0.767. The Balaban J connectivity index is 1.34. The fourth-order valence-corrected chi connectivity index (χ4v) is 9.37. The van der Waals surface area contributed by atoms with Crippen molar-refractivity contribution >= 4 is 15.9 Å². The molecule has 5 fully saturated rings. The predicted octanol–water partition coefficient (Wildman–Crippen LogP) is 3.17. The van der Waals surface area contributed by atoms with Crippen LogP contribution in [0.3, 0.4) is 0 Å². The largest absolute Gasteiger partial charge is 0.360 e. The summed E-state index contributed by atoms with van der Waals surface area (Å²) in [4.78, 5) is 13.4. The Hall–Kier alpha value is -1.41. The first-order chi connectivity index (χ1) is 14.2. The van der Waals surface area contributed by atoms with E-state index in [1.807, 2.05) is 0 Å². The molecule has 0 spiro atoms. The summed E-state index contributed by atoms with van der Waals surface area (Å²) in [6, 6.07) is -0.567. The summed E-state index contributed by atoms with van der Waals surface area (Å²) in [6.45, 7) is 5.74. The highest BCUT2D eigenvalue weighted by atomic mass is 32.2. The summed E-state index contributed by atoms with van der Waals surface area (Å²) in [7, 11) is -3.82. The lowest BCUT2D eigenvalue weighted by molar-refractivity contribution is -0.128. The number of hydrogen-bond donors (Lipinski definition) is 1. The monoisotopic (exact) mass is 435 g/mol. The van der Waals surface area contributed by atoms with Gasteiger partial charge in [0.2, 0.25) is 15.9 Å². The highest BCUT2D eigenvalue weighted by molar-refractivity contribution is 7.89. The maximum atomic E-state index is 13.3. The first kappa shape index (κ1) is 20.5. The van der Waals surface area contributed by atoms with Crippen LogP contribution in [0.2, 0.25) is 0 Å². The maximum absolute atomic E-state index is 13.3. The second-order valence-corrected chi connectivity index (χ2v) is 12.3. The molecule has 30 heavy (non-hydrogen) atoms. The van der Waals surface area contributed by atoms with Gasteiger partial charge in [-0.15, -0.1) is 0 Å². The Kier molecular flexibility index (Phi) is 4.82. The van der Waals surface area contributed by atoms with Crippen LogP contribution in [0.5, 0.6) is 0 Å². The van der Waals surface area contributed by atoms with E-state index in [1.165, 1.54) is 42.8 Å². The lowest BCUT2D eigenvalue weighted by Gasteiger charge is -2.59. The molecule has 4 saturated carbocycles. The van der Waals surface area contributed by atoms with Crippen molar-refractivity contribution in [1.29, 1.82) is 0 Å². The second-order valence-electron chi connectivity index (χ2n) is 10.4. The average Bonchev–Trinajstić information content (AvgIpc) is 3.28. The number of rotatable bonds is 5. The number of nitrogens with zero attached hydrogens (tertiary/aromatic N) is 2. The van der Waals surface area contributed by atoms with Crippen molar-refractivity contribution in [3.63, 3.8) is 0 Å². The summed E-state index contributed by atoms with van der Waals surface area (Å²) in [6.07, 6.45) is 8.99. The molecule has 1 unspecified atom stereocenters. The minimum Gasteiger partial charge on any atom is -0.360 e. The lowest BCUT2D eigenvalue weighted by atomic mass is 9.48. The van der Waals surface area contributed by atoms with Gasteiger partial charge in [-0.3, -0.25) is 4.79 Å². The van der Waals surface area contributed by atoms with E-state index in [-0.39, 0.29) is 28.0 Å². The van der Waals surface area contributed by atoms with E-state index in [1.54, 1.807) is 13.8 Å². The second kappa shape index (κ2) is 7.05. The molecule has 7 nitrogen and oxygen atoms in total. The number of nitrogens with one attached hydrogen (secondary N) is 1. The molecule has 1 saturated heterocycles. The fraction of sp³-hybridized carbons (Fsp3) is 0.818. The summed E-state index contributed by atoms with van der Waals surface area (Å²) >= 11 is 0. The van der Waals surface area contributed by atoms with Gasteiger partial charge in [0.05, 0.1) is 0 Å². The van der Waals surface area contributed by atoms with Crippen LogP contribution in [0.15, 0.2) is 9.42 Å². The zero-order chi connectivity index (χ0) is 21.3. The Labute approximate surface area is 179 Å². The first-order valence-corrected chi connectivity index (χ1v) is 12.9. The number of sulfonamides is 1. The van der Waals surface area contributed by atoms with Crippen LogP contribution in [0.25, 0.3) is 0 Å². The van der Waals surface area contributed by atoms with Crippen molar-refractivity contribution in [3.05, 3.63) is 11.5 Å². The molecule has 1 N–H and O–H groups in total. The molecule has 166 valence electrons. The van der Waals surface area contributed by atoms with E-state index in [4.69, 9.17) is 4.52 Å². The zero-order valence-corrected chi connectivity index (χ0v) is 19.0. The number of carbonyl (C=O) groups excluding carboxylic acids is 1. The van der Waals surface area contributed by atoms with Gasteiger partial charge in [0.25, 0.3) is 0 Å². The molecule has 1 aliphatic heterocycles. The first-order valence-electron chi connectivity index (χ1n) is 11.4. The van der Waals surface area contributed by atoms with E-state index in [9.17, 15) is 13.2 Å². The van der Waals surface area contributed by atoms with E-state index in [2.05, 4.69) is 17.4 Å². The Morgan fingerprint density at radius 2 is 1.77 bits per heavy atom. The number of carbonyl (C=O) groups is 1. The topological polar surface area (TPSA) is 92.5 Å². The minimum atomic E-state index is -3.82. The van der Waals surface area contributed by atoms with Crippen molar-refractivity contribution in [2.75, 3.05) is 6.54 Å². The van der Waals surface area contributed by atoms with Crippen molar-refractivity contribution in [2.24, 2.45) is 23.2 Å². The van der Waals surface area contributed by atoms with Crippen LogP contribution in [-0.2, 0) is 14.8 Å². The van der Waals surface area contributed by atoms with E-state index in [0.29, 0.717) is 25.1 Å². The standard InChI is InChI=1S/C22H33N3O4S/c1-13-20(14(2)29-24-13)30(27,28)25-6-4-5-19(25)21(26)23-15(3)22-10-16-7-17(11-22)9-18(8-16)12-22/h15-19H,4-12H2,1-3H3,(H,23,26)/t15?,16?,17?,18?,19-,22?/m0/s1. The van der Waals surface area contributed by atoms with Gasteiger partial charge in [0, 0.05) is 12.6 Å². The van der Waals surface area contributed by atoms with E-state index >= 15 is 0 Å². The fourth-order valence-electron chi connectivity index (χ4n) is 7.42. The average molecular weight is 436 g/mol. The van der Waals surface area contributed by atoms with Crippen LogP contribution in [0, 0.1) is 37.0 Å². The Bertz CT molecular complexity index is 899. The molecule has 4 bridgehead atoms. The molecule has 0 radical (unpaired) electrons. The molecule has 1 aromatic rings. The number of aromatic nitrogens is 1. The zero-order valence-electron chi connectivity index (χ0n) is 18.2. The van der Waals surface area contributed by atoms with Crippen LogP contribution in [-0.4, -0.2) is 42.4 Å². The third-order valence-electron chi connectivity index (χ3n) is 8.40. The third-order valence-corrected chi connectivity index (χ3v) is 10.6. The molecular formula is C22H33N3O4S. The van der Waals surface area contributed by atoms with Gasteiger partial charge in [-0.1, -0.05) is 5.16 Å². The van der Waals surface area contributed by atoms with Crippen molar-refractivity contribution < 1.29 is 17.7 Å². The Morgan fingerprint density at radius 1 is 1.17 bits per heavy atom. The number of aryl methyl sites for hydroxylation is 2. The van der Waals surface area contributed by atoms with E-state index in [0.717, 1.165) is 17.8 Å². The van der Waals surface area contributed by atoms with E-state index < -0.39 is 16.1 Å². The van der Waals surface area contributed by atoms with Crippen molar-refractivity contribution in [2.45, 2.75) is 89.1 Å². The number of hydrogen-bond acceptors (Lipinski definition) is 5.